The van der Waals surface area contributed by atoms with Gasteiger partial charge in [-0.1, -0.05) is 24.8 Å². The largest absolute Gasteiger partial charge is 0.417 e. The van der Waals surface area contributed by atoms with Crippen LogP contribution in [-0.2, 0) is 11.0 Å². The number of piperidine rings is 1. The van der Waals surface area contributed by atoms with Crippen LogP contribution in [0.15, 0.2) is 28.6 Å². The highest BCUT2D eigenvalue weighted by Gasteiger charge is 2.36. The van der Waals surface area contributed by atoms with E-state index in [4.69, 9.17) is 0 Å². The fraction of sp³-hybridized carbons (Fsp3) is 0.421. The number of amides is 1. The average molecular weight is 426 g/mol. The molecule has 1 saturated heterocycles. The van der Waals surface area contributed by atoms with Crippen LogP contribution in [0.25, 0.3) is 10.6 Å². The van der Waals surface area contributed by atoms with E-state index in [-0.39, 0.29) is 22.4 Å². The minimum atomic E-state index is -4.68. The lowest BCUT2D eigenvalue weighted by Crippen LogP contribution is -2.40. The van der Waals surface area contributed by atoms with Crippen molar-refractivity contribution in [3.05, 3.63) is 34.7 Å². The lowest BCUT2D eigenvalue weighted by Gasteiger charge is -2.30. The highest BCUT2D eigenvalue weighted by molar-refractivity contribution is 8.00. The highest BCUT2D eigenvalue weighted by atomic mass is 32.2. The Hall–Kier alpha value is -2.05. The smallest absolute Gasteiger partial charge is 0.342 e. The maximum Gasteiger partial charge on any atom is 0.417 e. The first-order valence-electron chi connectivity index (χ1n) is 8.76. The predicted molar refractivity (Wildman–Crippen MR) is 103 cm³/mol. The minimum Gasteiger partial charge on any atom is -0.342 e. The summed E-state index contributed by atoms with van der Waals surface area (Å²) in [5, 5.41) is 11.0. The van der Waals surface area contributed by atoms with Gasteiger partial charge in [-0.05, 0) is 36.3 Å². The molecule has 1 fully saturated rings. The number of thioether (sulfide) groups is 1. The SMILES string of the molecule is CC1CCCN(C(=O)CSc2nc(-c3cccs3)cc(C(F)(F)F)c2C#N)C1. The maximum absolute atomic E-state index is 13.5. The molecule has 4 nitrogen and oxygen atoms in total. The summed E-state index contributed by atoms with van der Waals surface area (Å²) in [6.07, 6.45) is -2.69. The van der Waals surface area contributed by atoms with Crippen LogP contribution in [0.4, 0.5) is 13.2 Å². The topological polar surface area (TPSA) is 57.0 Å². The lowest BCUT2D eigenvalue weighted by molar-refractivity contribution is -0.138. The van der Waals surface area contributed by atoms with E-state index in [1.807, 2.05) is 0 Å². The molecule has 0 aromatic carbocycles. The number of alkyl halides is 3. The van der Waals surface area contributed by atoms with Crippen LogP contribution >= 0.6 is 23.1 Å². The molecule has 1 aliphatic rings. The second-order valence-corrected chi connectivity index (χ2v) is 8.61. The molecule has 0 radical (unpaired) electrons. The van der Waals surface area contributed by atoms with Crippen LogP contribution in [0.3, 0.4) is 0 Å². The van der Waals surface area contributed by atoms with Crippen molar-refractivity contribution >= 4 is 29.0 Å². The number of nitrogens with zero attached hydrogens (tertiary/aromatic N) is 3. The highest BCUT2D eigenvalue weighted by Crippen LogP contribution is 2.38. The van der Waals surface area contributed by atoms with Gasteiger partial charge in [0, 0.05) is 13.1 Å². The van der Waals surface area contributed by atoms with Crippen molar-refractivity contribution < 1.29 is 18.0 Å². The molecule has 1 amide bonds. The molecule has 1 aliphatic heterocycles. The van der Waals surface area contributed by atoms with Crippen molar-refractivity contribution in [2.75, 3.05) is 18.8 Å². The molecule has 0 saturated carbocycles. The summed E-state index contributed by atoms with van der Waals surface area (Å²) in [5.74, 6) is 0.228. The Labute approximate surface area is 169 Å². The molecular weight excluding hydrogens is 407 g/mol. The molecular formula is C19H18F3N3OS2. The number of thiophene rings is 1. The molecule has 1 atom stereocenters. The van der Waals surface area contributed by atoms with Crippen LogP contribution in [0.1, 0.15) is 30.9 Å². The average Bonchev–Trinajstić information content (AvgIpc) is 3.19. The van der Waals surface area contributed by atoms with E-state index in [2.05, 4.69) is 11.9 Å². The Morgan fingerprint density at radius 1 is 1.50 bits per heavy atom. The summed E-state index contributed by atoms with van der Waals surface area (Å²) in [7, 11) is 0. The zero-order chi connectivity index (χ0) is 20.3. The van der Waals surface area contributed by atoms with Gasteiger partial charge in [0.15, 0.2) is 0 Å². The number of aromatic nitrogens is 1. The van der Waals surface area contributed by atoms with Gasteiger partial charge in [-0.15, -0.1) is 11.3 Å². The zero-order valence-electron chi connectivity index (χ0n) is 15.1. The zero-order valence-corrected chi connectivity index (χ0v) is 16.8. The van der Waals surface area contributed by atoms with Gasteiger partial charge in [-0.3, -0.25) is 4.79 Å². The van der Waals surface area contributed by atoms with Crippen molar-refractivity contribution in [3.63, 3.8) is 0 Å². The first-order chi connectivity index (χ1) is 13.3. The van der Waals surface area contributed by atoms with Crippen LogP contribution in [0.5, 0.6) is 0 Å². The van der Waals surface area contributed by atoms with Crippen molar-refractivity contribution in [2.24, 2.45) is 5.92 Å². The molecule has 3 heterocycles. The van der Waals surface area contributed by atoms with Crippen molar-refractivity contribution in [2.45, 2.75) is 31.0 Å². The normalized spacial score (nSPS) is 17.4. The van der Waals surface area contributed by atoms with E-state index < -0.39 is 17.3 Å². The van der Waals surface area contributed by atoms with E-state index in [1.165, 1.54) is 11.3 Å². The third kappa shape index (κ3) is 4.67. The summed E-state index contributed by atoms with van der Waals surface area (Å²) in [5.41, 5.74) is -1.39. The third-order valence-corrected chi connectivity index (χ3v) is 6.37. The van der Waals surface area contributed by atoms with E-state index in [0.717, 1.165) is 30.7 Å². The number of likely N-dealkylation sites (tertiary alicyclic amines) is 1. The van der Waals surface area contributed by atoms with Gasteiger partial charge in [0.1, 0.15) is 11.1 Å². The second-order valence-electron chi connectivity index (χ2n) is 6.70. The van der Waals surface area contributed by atoms with Gasteiger partial charge < -0.3 is 4.90 Å². The van der Waals surface area contributed by atoms with Crippen LogP contribution in [0.2, 0.25) is 0 Å². The fourth-order valence-electron chi connectivity index (χ4n) is 3.15. The summed E-state index contributed by atoms with van der Waals surface area (Å²) >= 11 is 2.16. The Bertz CT molecular complexity index is 891. The van der Waals surface area contributed by atoms with Crippen molar-refractivity contribution in [3.8, 4) is 16.6 Å². The van der Waals surface area contributed by atoms with Gasteiger partial charge in [-0.25, -0.2) is 4.98 Å². The molecule has 9 heteroatoms. The van der Waals surface area contributed by atoms with E-state index >= 15 is 0 Å². The minimum absolute atomic E-state index is 0.0421. The molecule has 0 bridgehead atoms. The predicted octanol–water partition coefficient (Wildman–Crippen LogP) is 5.05. The summed E-state index contributed by atoms with van der Waals surface area (Å²) in [4.78, 5) is 19.1. The van der Waals surface area contributed by atoms with Gasteiger partial charge in [-0.2, -0.15) is 18.4 Å². The number of hydrogen-bond acceptors (Lipinski definition) is 5. The van der Waals surface area contributed by atoms with Crippen LogP contribution in [-0.4, -0.2) is 34.6 Å². The number of nitriles is 1. The Morgan fingerprint density at radius 3 is 2.89 bits per heavy atom. The lowest BCUT2D eigenvalue weighted by atomic mass is 10.0. The summed E-state index contributed by atoms with van der Waals surface area (Å²) in [6, 6.07) is 5.93. The number of hydrogen-bond donors (Lipinski definition) is 0. The fourth-order valence-corrected chi connectivity index (χ4v) is 4.74. The maximum atomic E-state index is 13.5. The van der Waals surface area contributed by atoms with E-state index in [9.17, 15) is 23.2 Å². The first-order valence-corrected chi connectivity index (χ1v) is 10.6. The monoisotopic (exact) mass is 425 g/mol. The second kappa shape index (κ2) is 8.53. The van der Waals surface area contributed by atoms with E-state index in [0.29, 0.717) is 23.9 Å². The number of halogens is 3. The van der Waals surface area contributed by atoms with Crippen molar-refractivity contribution in [1.29, 1.82) is 5.26 Å². The molecule has 148 valence electrons. The standard InChI is InChI=1S/C19H18F3N3OS2/c1-12-4-2-6-25(10-12)17(26)11-28-18-13(9-23)14(19(20,21)22)8-15(24-18)16-5-3-7-27-16/h3,5,7-8,12H,2,4,6,10-11H2,1H3. The third-order valence-electron chi connectivity index (χ3n) is 4.52. The Morgan fingerprint density at radius 2 is 2.29 bits per heavy atom. The van der Waals surface area contributed by atoms with Crippen LogP contribution in [0, 0.1) is 17.2 Å². The molecule has 28 heavy (non-hydrogen) atoms. The molecule has 3 rings (SSSR count). The number of carbonyl (C=O) groups excluding carboxylic acids is 1. The van der Waals surface area contributed by atoms with Crippen LogP contribution < -0.4 is 0 Å². The Kier molecular flexibility index (Phi) is 6.30. The first kappa shape index (κ1) is 20.7. The number of carbonyl (C=O) groups is 1. The summed E-state index contributed by atoms with van der Waals surface area (Å²) in [6.45, 7) is 3.38. The number of rotatable bonds is 4. The molecule has 0 aliphatic carbocycles. The molecule has 2 aromatic rings. The van der Waals surface area contributed by atoms with Gasteiger partial charge in [0.25, 0.3) is 0 Å². The van der Waals surface area contributed by atoms with Gasteiger partial charge >= 0.3 is 6.18 Å². The molecule has 1 unspecified atom stereocenters. The van der Waals surface area contributed by atoms with Gasteiger partial charge in [0.05, 0.1) is 27.5 Å². The quantitative estimate of drug-likeness (QED) is 0.643. The Balaban J connectivity index is 1.89. The van der Waals surface area contributed by atoms with E-state index in [1.54, 1.807) is 28.5 Å². The van der Waals surface area contributed by atoms with Crippen molar-refractivity contribution in [1.82, 2.24) is 9.88 Å². The molecule has 2 aromatic heterocycles. The molecule has 0 N–H and O–H groups in total. The number of pyridine rings is 1. The van der Waals surface area contributed by atoms with Gasteiger partial charge in [0.2, 0.25) is 5.91 Å². The summed E-state index contributed by atoms with van der Waals surface area (Å²) < 4.78 is 40.5. The molecule has 0 spiro atoms.